The van der Waals surface area contributed by atoms with Crippen LogP contribution in [-0.2, 0) is 17.6 Å². The van der Waals surface area contributed by atoms with Crippen molar-refractivity contribution in [3.63, 3.8) is 0 Å². The molecular formula is C24H27N3O3S2. The molecule has 1 fully saturated rings. The van der Waals surface area contributed by atoms with E-state index >= 15 is 0 Å². The summed E-state index contributed by atoms with van der Waals surface area (Å²) in [5.41, 5.74) is 1.90. The van der Waals surface area contributed by atoms with Crippen LogP contribution < -0.4 is 15.6 Å². The van der Waals surface area contributed by atoms with Gasteiger partial charge < -0.3 is 10.1 Å². The van der Waals surface area contributed by atoms with Gasteiger partial charge in [0.25, 0.3) is 5.56 Å². The summed E-state index contributed by atoms with van der Waals surface area (Å²) in [6.07, 6.45) is 6.99. The number of hydrogen-bond acceptors (Lipinski definition) is 6. The van der Waals surface area contributed by atoms with Crippen LogP contribution >= 0.6 is 23.1 Å². The van der Waals surface area contributed by atoms with E-state index < -0.39 is 0 Å². The first-order valence-corrected chi connectivity index (χ1v) is 13.1. The summed E-state index contributed by atoms with van der Waals surface area (Å²) < 4.78 is 7.28. The lowest BCUT2D eigenvalue weighted by Gasteiger charge is -2.17. The lowest BCUT2D eigenvalue weighted by atomic mass is 9.97. The average Bonchev–Trinajstić information content (AvgIpc) is 3.05. The number of carbonyl (C=O) groups excluding carboxylic acids is 1. The van der Waals surface area contributed by atoms with Gasteiger partial charge in [-0.05, 0) is 75.3 Å². The Balaban J connectivity index is 1.65. The zero-order valence-electron chi connectivity index (χ0n) is 18.2. The second-order valence-electron chi connectivity index (χ2n) is 8.25. The SMILES string of the molecule is CCOc1ccc(-n2c(SC3CCCCNC3=O)nc3sc4c(c3c2=O)CCCC4)cc1. The third kappa shape index (κ3) is 4.06. The molecule has 3 heterocycles. The van der Waals surface area contributed by atoms with Crippen LogP contribution in [-0.4, -0.2) is 33.9 Å². The Labute approximate surface area is 195 Å². The second kappa shape index (κ2) is 9.27. The summed E-state index contributed by atoms with van der Waals surface area (Å²) in [6.45, 7) is 3.25. The van der Waals surface area contributed by atoms with Crippen LogP contribution in [0.1, 0.15) is 49.5 Å². The maximum atomic E-state index is 13.9. The van der Waals surface area contributed by atoms with E-state index in [0.29, 0.717) is 18.3 Å². The molecule has 1 saturated heterocycles. The van der Waals surface area contributed by atoms with Gasteiger partial charge >= 0.3 is 0 Å². The van der Waals surface area contributed by atoms with Crippen LogP contribution in [0.2, 0.25) is 0 Å². The van der Waals surface area contributed by atoms with E-state index in [1.807, 2.05) is 31.2 Å². The lowest BCUT2D eigenvalue weighted by molar-refractivity contribution is -0.120. The molecule has 1 amide bonds. The average molecular weight is 470 g/mol. The monoisotopic (exact) mass is 469 g/mol. The molecule has 3 aromatic rings. The van der Waals surface area contributed by atoms with Gasteiger partial charge in [-0.15, -0.1) is 11.3 Å². The summed E-state index contributed by atoms with van der Waals surface area (Å²) in [5, 5.41) is 4.10. The van der Waals surface area contributed by atoms with Crippen molar-refractivity contribution in [1.82, 2.24) is 14.9 Å². The van der Waals surface area contributed by atoms with E-state index in [1.165, 1.54) is 22.2 Å². The summed E-state index contributed by atoms with van der Waals surface area (Å²) in [6, 6.07) is 7.56. The molecule has 6 nitrogen and oxygen atoms in total. The number of aromatic nitrogens is 2. The Hall–Kier alpha value is -2.32. The number of fused-ring (bicyclic) bond motifs is 3. The quantitative estimate of drug-likeness (QED) is 0.558. The first kappa shape index (κ1) is 21.5. The van der Waals surface area contributed by atoms with Crippen molar-refractivity contribution in [3.8, 4) is 11.4 Å². The number of ether oxygens (including phenoxy) is 1. The summed E-state index contributed by atoms with van der Waals surface area (Å²) in [5.74, 6) is 0.800. The molecule has 8 heteroatoms. The van der Waals surface area contributed by atoms with Gasteiger partial charge in [0.2, 0.25) is 5.91 Å². The van der Waals surface area contributed by atoms with E-state index in [4.69, 9.17) is 9.72 Å². The predicted molar refractivity (Wildman–Crippen MR) is 130 cm³/mol. The largest absolute Gasteiger partial charge is 0.494 e. The maximum absolute atomic E-state index is 13.9. The van der Waals surface area contributed by atoms with Crippen molar-refractivity contribution in [3.05, 3.63) is 45.1 Å². The maximum Gasteiger partial charge on any atom is 0.267 e. The number of carbonyl (C=O) groups is 1. The van der Waals surface area contributed by atoms with Gasteiger partial charge in [0.05, 0.1) is 22.9 Å². The van der Waals surface area contributed by atoms with Gasteiger partial charge in [-0.3, -0.25) is 14.2 Å². The molecule has 0 spiro atoms. The van der Waals surface area contributed by atoms with Crippen LogP contribution in [0, 0.1) is 0 Å². The Kier molecular flexibility index (Phi) is 6.24. The van der Waals surface area contributed by atoms with Crippen LogP contribution in [0.15, 0.2) is 34.2 Å². The topological polar surface area (TPSA) is 73.2 Å². The number of hydrogen-bond donors (Lipinski definition) is 1. The highest BCUT2D eigenvalue weighted by Crippen LogP contribution is 2.36. The Bertz CT molecular complexity index is 1200. The van der Waals surface area contributed by atoms with E-state index in [-0.39, 0.29) is 16.7 Å². The number of benzene rings is 1. The molecule has 32 heavy (non-hydrogen) atoms. The van der Waals surface area contributed by atoms with Crippen LogP contribution in [0.3, 0.4) is 0 Å². The van der Waals surface area contributed by atoms with Crippen LogP contribution in [0.4, 0.5) is 0 Å². The van der Waals surface area contributed by atoms with Gasteiger partial charge in [-0.1, -0.05) is 18.2 Å². The van der Waals surface area contributed by atoms with Crippen molar-refractivity contribution in [2.24, 2.45) is 0 Å². The number of rotatable bonds is 5. The molecule has 0 bridgehead atoms. The smallest absolute Gasteiger partial charge is 0.267 e. The van der Waals surface area contributed by atoms with Crippen molar-refractivity contribution in [1.29, 1.82) is 0 Å². The first-order valence-electron chi connectivity index (χ1n) is 11.4. The van der Waals surface area contributed by atoms with Crippen molar-refractivity contribution >= 4 is 39.2 Å². The number of thioether (sulfide) groups is 1. The highest BCUT2D eigenvalue weighted by molar-refractivity contribution is 8.00. The summed E-state index contributed by atoms with van der Waals surface area (Å²) in [4.78, 5) is 33.6. The predicted octanol–water partition coefficient (Wildman–Crippen LogP) is 4.49. The van der Waals surface area contributed by atoms with Crippen molar-refractivity contribution in [2.45, 2.75) is 62.3 Å². The zero-order chi connectivity index (χ0) is 22.1. The second-order valence-corrected chi connectivity index (χ2v) is 10.5. The molecule has 1 aliphatic carbocycles. The minimum absolute atomic E-state index is 0.0323. The molecule has 1 atom stereocenters. The number of aryl methyl sites for hydroxylation is 2. The summed E-state index contributed by atoms with van der Waals surface area (Å²) in [7, 11) is 0. The summed E-state index contributed by atoms with van der Waals surface area (Å²) >= 11 is 3.06. The Morgan fingerprint density at radius 2 is 1.97 bits per heavy atom. The third-order valence-corrected chi connectivity index (χ3v) is 8.50. The molecule has 5 rings (SSSR count). The van der Waals surface area contributed by atoms with Gasteiger partial charge in [0.1, 0.15) is 10.6 Å². The van der Waals surface area contributed by atoms with E-state index in [2.05, 4.69) is 5.32 Å². The molecule has 1 N–H and O–H groups in total. The fourth-order valence-electron chi connectivity index (χ4n) is 4.50. The number of nitrogens with one attached hydrogen (secondary N) is 1. The fraction of sp³-hybridized carbons (Fsp3) is 0.458. The molecule has 0 radical (unpaired) electrons. The Morgan fingerprint density at radius 1 is 1.16 bits per heavy atom. The van der Waals surface area contributed by atoms with Crippen molar-refractivity contribution < 1.29 is 9.53 Å². The zero-order valence-corrected chi connectivity index (χ0v) is 19.8. The van der Waals surface area contributed by atoms with Gasteiger partial charge in [0.15, 0.2) is 5.16 Å². The van der Waals surface area contributed by atoms with Gasteiger partial charge in [-0.25, -0.2) is 4.98 Å². The molecular weight excluding hydrogens is 442 g/mol. The number of thiophene rings is 1. The molecule has 168 valence electrons. The van der Waals surface area contributed by atoms with E-state index in [9.17, 15) is 9.59 Å². The van der Waals surface area contributed by atoms with Gasteiger partial charge in [-0.2, -0.15) is 0 Å². The highest BCUT2D eigenvalue weighted by atomic mass is 32.2. The minimum Gasteiger partial charge on any atom is -0.494 e. The lowest BCUT2D eigenvalue weighted by Crippen LogP contribution is -2.31. The molecule has 0 saturated carbocycles. The normalized spacial score (nSPS) is 18.8. The molecule has 1 aliphatic heterocycles. The molecule has 2 aliphatic rings. The number of nitrogens with zero attached hydrogens (tertiary/aromatic N) is 2. The van der Waals surface area contributed by atoms with E-state index in [1.54, 1.807) is 15.9 Å². The first-order chi connectivity index (χ1) is 15.7. The Morgan fingerprint density at radius 3 is 2.78 bits per heavy atom. The van der Waals surface area contributed by atoms with E-state index in [0.717, 1.165) is 66.6 Å². The standard InChI is InChI=1S/C24H27N3O3S2/c1-2-30-16-12-10-15(11-13-16)27-23(29)20-17-7-3-4-8-18(17)31-22(20)26-24(27)32-19-9-5-6-14-25-21(19)28/h10-13,19H,2-9,14H2,1H3,(H,25,28). The molecule has 1 unspecified atom stereocenters. The van der Waals surface area contributed by atoms with Crippen LogP contribution in [0.25, 0.3) is 15.9 Å². The minimum atomic E-state index is -0.245. The molecule has 1 aromatic carbocycles. The highest BCUT2D eigenvalue weighted by Gasteiger charge is 2.27. The van der Waals surface area contributed by atoms with Crippen molar-refractivity contribution in [2.75, 3.05) is 13.2 Å². The third-order valence-electron chi connectivity index (χ3n) is 6.10. The number of amides is 1. The van der Waals surface area contributed by atoms with Crippen LogP contribution in [0.5, 0.6) is 5.75 Å². The van der Waals surface area contributed by atoms with Gasteiger partial charge in [0, 0.05) is 11.4 Å². The molecule has 2 aromatic heterocycles. The fourth-order valence-corrected chi connectivity index (χ4v) is 6.98.